The molecule has 0 radical (unpaired) electrons. The number of likely N-dealkylation sites (N-methyl/N-ethyl adjacent to an activating group) is 1. The minimum absolute atomic E-state index is 0.0739. The van der Waals surface area contributed by atoms with Gasteiger partial charge >= 0.3 is 0 Å². The van der Waals surface area contributed by atoms with Crippen molar-refractivity contribution in [3.05, 3.63) is 65.0 Å². The van der Waals surface area contributed by atoms with E-state index in [9.17, 15) is 12.8 Å². The number of aliphatic imine (C=N–C) groups is 1. The molecule has 1 heterocycles. The van der Waals surface area contributed by atoms with E-state index in [0.29, 0.717) is 11.3 Å². The maximum atomic E-state index is 14.9. The SMILES string of the molecule is CN1C[C@@](C)(c2cc(OCc3ccc(C#N)cc3)ccc2F)N=C(N)C(C)(C)S1(=O)=O. The van der Waals surface area contributed by atoms with Gasteiger partial charge in [-0.25, -0.2) is 17.1 Å². The van der Waals surface area contributed by atoms with E-state index in [0.717, 1.165) is 5.56 Å². The number of hydrogen-bond donors (Lipinski definition) is 1. The fraction of sp³-hybridized carbons (Fsp3) is 0.364. The summed E-state index contributed by atoms with van der Waals surface area (Å²) in [7, 11) is -2.34. The fourth-order valence-electron chi connectivity index (χ4n) is 3.47. The van der Waals surface area contributed by atoms with Crippen LogP contribution in [0, 0.1) is 17.1 Å². The van der Waals surface area contributed by atoms with Crippen LogP contribution in [0.25, 0.3) is 0 Å². The molecule has 7 nitrogen and oxygen atoms in total. The molecule has 1 aliphatic rings. The zero-order chi connectivity index (χ0) is 23.0. The van der Waals surface area contributed by atoms with E-state index in [1.54, 1.807) is 31.2 Å². The number of sulfonamides is 1. The van der Waals surface area contributed by atoms with Gasteiger partial charge in [-0.3, -0.25) is 4.99 Å². The second-order valence-corrected chi connectivity index (χ2v) is 10.9. The van der Waals surface area contributed by atoms with Gasteiger partial charge in [0, 0.05) is 19.2 Å². The molecule has 2 aromatic carbocycles. The van der Waals surface area contributed by atoms with Crippen LogP contribution in [0.3, 0.4) is 0 Å². The summed E-state index contributed by atoms with van der Waals surface area (Å²) in [4.78, 5) is 4.46. The Morgan fingerprint density at radius 1 is 1.23 bits per heavy atom. The van der Waals surface area contributed by atoms with Gasteiger partial charge in [0.05, 0.1) is 11.6 Å². The van der Waals surface area contributed by atoms with Crippen LogP contribution in [0.4, 0.5) is 4.39 Å². The van der Waals surface area contributed by atoms with Gasteiger partial charge in [-0.05, 0) is 56.7 Å². The van der Waals surface area contributed by atoms with Crippen LogP contribution in [0.15, 0.2) is 47.5 Å². The number of benzene rings is 2. The number of ether oxygens (including phenoxy) is 1. The summed E-state index contributed by atoms with van der Waals surface area (Å²) in [5.74, 6) is -0.206. The first-order valence-corrected chi connectivity index (χ1v) is 11.1. The molecule has 0 fully saturated rings. The van der Waals surface area contributed by atoms with E-state index in [1.165, 1.54) is 43.4 Å². The lowest BCUT2D eigenvalue weighted by molar-refractivity contribution is 0.302. The lowest BCUT2D eigenvalue weighted by Crippen LogP contribution is -2.50. The Morgan fingerprint density at radius 2 is 1.87 bits per heavy atom. The van der Waals surface area contributed by atoms with Crippen molar-refractivity contribution in [3.8, 4) is 11.8 Å². The Balaban J connectivity index is 1.95. The molecule has 0 bridgehead atoms. The van der Waals surface area contributed by atoms with E-state index in [2.05, 4.69) is 11.1 Å². The highest BCUT2D eigenvalue weighted by molar-refractivity contribution is 7.91. The van der Waals surface area contributed by atoms with E-state index >= 15 is 0 Å². The molecule has 0 unspecified atom stereocenters. The molecule has 0 amide bonds. The van der Waals surface area contributed by atoms with E-state index in [4.69, 9.17) is 15.7 Å². The molecule has 9 heteroatoms. The Bertz CT molecular complexity index is 1170. The Morgan fingerprint density at radius 3 is 2.48 bits per heavy atom. The van der Waals surface area contributed by atoms with Crippen molar-refractivity contribution in [3.63, 3.8) is 0 Å². The first-order valence-electron chi connectivity index (χ1n) is 9.64. The monoisotopic (exact) mass is 444 g/mol. The molecule has 0 aliphatic carbocycles. The van der Waals surface area contributed by atoms with E-state index < -0.39 is 26.1 Å². The van der Waals surface area contributed by atoms with Crippen LogP contribution in [-0.4, -0.2) is 36.9 Å². The molecule has 31 heavy (non-hydrogen) atoms. The predicted octanol–water partition coefficient (Wildman–Crippen LogP) is 2.90. The summed E-state index contributed by atoms with van der Waals surface area (Å²) in [6.07, 6.45) is 0. The molecule has 0 spiro atoms. The molecule has 2 N–H and O–H groups in total. The van der Waals surface area contributed by atoms with Gasteiger partial charge < -0.3 is 10.5 Å². The van der Waals surface area contributed by atoms with Crippen LogP contribution in [0.1, 0.15) is 37.5 Å². The maximum Gasteiger partial charge on any atom is 0.226 e. The summed E-state index contributed by atoms with van der Waals surface area (Å²) in [6, 6.07) is 13.3. The summed E-state index contributed by atoms with van der Waals surface area (Å²) in [5.41, 5.74) is 6.42. The predicted molar refractivity (Wildman–Crippen MR) is 116 cm³/mol. The smallest absolute Gasteiger partial charge is 0.226 e. The number of nitriles is 1. The minimum Gasteiger partial charge on any atom is -0.489 e. The van der Waals surface area contributed by atoms with Gasteiger partial charge in [-0.2, -0.15) is 5.26 Å². The molecule has 0 saturated heterocycles. The van der Waals surface area contributed by atoms with Crippen LogP contribution in [0.5, 0.6) is 5.75 Å². The highest BCUT2D eigenvalue weighted by Crippen LogP contribution is 2.37. The topological polar surface area (TPSA) is 109 Å². The third kappa shape index (κ3) is 4.13. The highest BCUT2D eigenvalue weighted by Gasteiger charge is 2.48. The molecule has 2 aromatic rings. The lowest BCUT2D eigenvalue weighted by Gasteiger charge is -2.29. The van der Waals surface area contributed by atoms with Crippen molar-refractivity contribution in [2.24, 2.45) is 10.7 Å². The van der Waals surface area contributed by atoms with Crippen molar-refractivity contribution in [1.29, 1.82) is 5.26 Å². The Labute approximate surface area is 182 Å². The molecule has 1 aliphatic heterocycles. The Kier molecular flexibility index (Phi) is 5.82. The van der Waals surface area contributed by atoms with Crippen LogP contribution < -0.4 is 10.5 Å². The summed E-state index contributed by atoms with van der Waals surface area (Å²) in [5, 5.41) is 8.89. The van der Waals surface area contributed by atoms with Crippen LogP contribution in [0.2, 0.25) is 0 Å². The zero-order valence-corrected chi connectivity index (χ0v) is 18.7. The average Bonchev–Trinajstić information content (AvgIpc) is 2.76. The van der Waals surface area contributed by atoms with Crippen LogP contribution >= 0.6 is 0 Å². The number of halogens is 1. The van der Waals surface area contributed by atoms with E-state index in [1.807, 2.05) is 0 Å². The summed E-state index contributed by atoms with van der Waals surface area (Å²) in [6.45, 7) is 4.76. The van der Waals surface area contributed by atoms with Gasteiger partial charge in [0.2, 0.25) is 10.0 Å². The Hall–Kier alpha value is -2.96. The number of hydrogen-bond acceptors (Lipinski definition) is 6. The summed E-state index contributed by atoms with van der Waals surface area (Å²) >= 11 is 0. The normalized spacial score (nSPS) is 22.8. The van der Waals surface area contributed by atoms with Crippen molar-refractivity contribution in [2.45, 2.75) is 37.7 Å². The summed E-state index contributed by atoms with van der Waals surface area (Å²) < 4.78 is 46.1. The average molecular weight is 445 g/mol. The van der Waals surface area contributed by atoms with Crippen LogP contribution in [-0.2, 0) is 22.2 Å². The van der Waals surface area contributed by atoms with Crippen molar-refractivity contribution >= 4 is 15.9 Å². The number of rotatable bonds is 4. The largest absolute Gasteiger partial charge is 0.489 e. The molecular formula is C22H25FN4O3S. The molecular weight excluding hydrogens is 419 g/mol. The van der Waals surface area contributed by atoms with Gasteiger partial charge in [0.15, 0.2) is 0 Å². The minimum atomic E-state index is -3.78. The third-order valence-corrected chi connectivity index (χ3v) is 8.03. The van der Waals surface area contributed by atoms with E-state index in [-0.39, 0.29) is 24.6 Å². The van der Waals surface area contributed by atoms with Crippen molar-refractivity contribution in [1.82, 2.24) is 4.31 Å². The second kappa shape index (κ2) is 7.94. The van der Waals surface area contributed by atoms with Gasteiger partial charge in [0.25, 0.3) is 0 Å². The highest BCUT2D eigenvalue weighted by atomic mass is 32.2. The molecule has 3 rings (SSSR count). The number of amidine groups is 1. The van der Waals surface area contributed by atoms with Gasteiger partial charge in [-0.15, -0.1) is 0 Å². The molecule has 0 aromatic heterocycles. The quantitative estimate of drug-likeness (QED) is 0.780. The van der Waals surface area contributed by atoms with Crippen molar-refractivity contribution < 1.29 is 17.5 Å². The van der Waals surface area contributed by atoms with Gasteiger partial charge in [-0.1, -0.05) is 12.1 Å². The first-order chi connectivity index (χ1) is 14.4. The third-order valence-electron chi connectivity index (χ3n) is 5.58. The second-order valence-electron chi connectivity index (χ2n) is 8.28. The molecule has 164 valence electrons. The lowest BCUT2D eigenvalue weighted by atomic mass is 9.91. The molecule has 1 atom stereocenters. The molecule has 0 saturated carbocycles. The fourth-order valence-corrected chi connectivity index (χ4v) is 4.98. The van der Waals surface area contributed by atoms with Gasteiger partial charge in [0.1, 0.15) is 34.3 Å². The zero-order valence-electron chi connectivity index (χ0n) is 17.9. The maximum absolute atomic E-state index is 14.9. The number of nitrogens with two attached hydrogens (primary N) is 1. The number of nitrogens with zero attached hydrogens (tertiary/aromatic N) is 3. The first kappa shape index (κ1) is 22.7. The standard InChI is InChI=1S/C22H25FN4O3S/c1-21(2)20(25)26-22(3,14-27(4)31(21,28)29)18-11-17(9-10-19(18)23)30-13-16-7-5-15(12-24)6-8-16/h5-11H,13-14H2,1-4H3,(H2,25,26)/t22-/m0/s1. The van der Waals surface area contributed by atoms with Crippen molar-refractivity contribution in [2.75, 3.05) is 13.6 Å².